The smallest absolute Gasteiger partial charge is 0.135 e. The third-order valence-electron chi connectivity index (χ3n) is 4.34. The Hall–Kier alpha value is -2.91. The van der Waals surface area contributed by atoms with E-state index < -0.39 is 5.82 Å². The van der Waals surface area contributed by atoms with Gasteiger partial charge in [0.25, 0.3) is 0 Å². The van der Waals surface area contributed by atoms with Gasteiger partial charge < -0.3 is 9.52 Å². The lowest BCUT2D eigenvalue weighted by Crippen LogP contribution is -1.89. The van der Waals surface area contributed by atoms with Gasteiger partial charge in [-0.25, -0.2) is 4.39 Å². The molecule has 3 aromatic carbocycles. The van der Waals surface area contributed by atoms with E-state index in [1.54, 1.807) is 12.1 Å². The molecular formula is C22H17FO2. The topological polar surface area (TPSA) is 33.4 Å². The zero-order valence-corrected chi connectivity index (χ0v) is 13.6. The Morgan fingerprint density at radius 2 is 1.68 bits per heavy atom. The van der Waals surface area contributed by atoms with Gasteiger partial charge in [0.05, 0.1) is 6.61 Å². The number of fused-ring (bicyclic) bond motifs is 1. The van der Waals surface area contributed by atoms with Crippen LogP contribution in [0.2, 0.25) is 0 Å². The fourth-order valence-electron chi connectivity index (χ4n) is 3.01. The minimum atomic E-state index is -0.426. The van der Waals surface area contributed by atoms with Gasteiger partial charge >= 0.3 is 0 Å². The number of rotatable bonds is 4. The highest BCUT2D eigenvalue weighted by Crippen LogP contribution is 2.30. The lowest BCUT2D eigenvalue weighted by Gasteiger charge is -2.01. The maximum Gasteiger partial charge on any atom is 0.135 e. The van der Waals surface area contributed by atoms with E-state index in [-0.39, 0.29) is 12.2 Å². The number of benzene rings is 3. The molecule has 0 saturated heterocycles. The van der Waals surface area contributed by atoms with Crippen molar-refractivity contribution in [1.82, 2.24) is 0 Å². The Bertz CT molecular complexity index is 1020. The van der Waals surface area contributed by atoms with Gasteiger partial charge in [0.2, 0.25) is 0 Å². The molecule has 1 N–H and O–H groups in total. The van der Waals surface area contributed by atoms with Crippen molar-refractivity contribution in [2.75, 3.05) is 0 Å². The summed E-state index contributed by atoms with van der Waals surface area (Å²) in [6.07, 6.45) is 0.858. The number of hydrogen-bond donors (Lipinski definition) is 1. The highest BCUT2D eigenvalue weighted by molar-refractivity contribution is 5.83. The number of furan rings is 1. The molecule has 0 spiro atoms. The van der Waals surface area contributed by atoms with Crippen molar-refractivity contribution in [3.8, 4) is 11.3 Å². The van der Waals surface area contributed by atoms with E-state index in [9.17, 15) is 4.39 Å². The summed E-state index contributed by atoms with van der Waals surface area (Å²) in [6.45, 7) is -0.310. The van der Waals surface area contributed by atoms with Gasteiger partial charge in [0, 0.05) is 16.5 Å². The maximum atomic E-state index is 13.9. The van der Waals surface area contributed by atoms with Crippen LogP contribution in [-0.2, 0) is 13.0 Å². The van der Waals surface area contributed by atoms with Crippen molar-refractivity contribution in [1.29, 1.82) is 0 Å². The van der Waals surface area contributed by atoms with Gasteiger partial charge in [0.1, 0.15) is 17.2 Å². The van der Waals surface area contributed by atoms with Gasteiger partial charge in [-0.05, 0) is 41.8 Å². The SMILES string of the molecule is OCc1ccc(-c2cc3cc(Cc4ccccc4)ccc3o2)cc1F. The minimum absolute atomic E-state index is 0.282. The second kappa shape index (κ2) is 6.54. The van der Waals surface area contributed by atoms with Crippen LogP contribution in [0.3, 0.4) is 0 Å². The summed E-state index contributed by atoms with van der Waals surface area (Å²) in [5, 5.41) is 10.1. The molecule has 3 heteroatoms. The molecule has 2 nitrogen and oxygen atoms in total. The number of hydrogen-bond acceptors (Lipinski definition) is 2. The van der Waals surface area contributed by atoms with Crippen molar-refractivity contribution in [3.63, 3.8) is 0 Å². The van der Waals surface area contributed by atoms with Crippen LogP contribution >= 0.6 is 0 Å². The molecule has 124 valence electrons. The fourth-order valence-corrected chi connectivity index (χ4v) is 3.01. The zero-order valence-electron chi connectivity index (χ0n) is 13.6. The van der Waals surface area contributed by atoms with E-state index in [1.807, 2.05) is 30.3 Å². The summed E-state index contributed by atoms with van der Waals surface area (Å²) in [5.41, 5.74) is 4.18. The van der Waals surface area contributed by atoms with E-state index in [0.29, 0.717) is 11.3 Å². The first kappa shape index (κ1) is 15.6. The Labute approximate surface area is 145 Å². The molecule has 0 unspecified atom stereocenters. The number of aliphatic hydroxyl groups excluding tert-OH is 1. The summed E-state index contributed by atoms with van der Waals surface area (Å²) >= 11 is 0. The molecule has 0 amide bonds. The first-order valence-corrected chi connectivity index (χ1v) is 8.19. The molecule has 0 radical (unpaired) electrons. The van der Waals surface area contributed by atoms with Gasteiger partial charge in [-0.1, -0.05) is 48.5 Å². The molecule has 0 aliphatic carbocycles. The van der Waals surface area contributed by atoms with Gasteiger partial charge in [0.15, 0.2) is 0 Å². The molecule has 0 aliphatic heterocycles. The molecule has 4 aromatic rings. The second-order valence-corrected chi connectivity index (χ2v) is 6.11. The lowest BCUT2D eigenvalue weighted by molar-refractivity contribution is 0.276. The minimum Gasteiger partial charge on any atom is -0.456 e. The van der Waals surface area contributed by atoms with Crippen LogP contribution in [0.1, 0.15) is 16.7 Å². The molecule has 25 heavy (non-hydrogen) atoms. The largest absolute Gasteiger partial charge is 0.456 e. The van der Waals surface area contributed by atoms with Crippen LogP contribution in [0.5, 0.6) is 0 Å². The maximum absolute atomic E-state index is 13.9. The molecular weight excluding hydrogens is 315 g/mol. The quantitative estimate of drug-likeness (QED) is 0.548. The summed E-state index contributed by atoms with van der Waals surface area (Å²) in [6, 6.07) is 23.1. The van der Waals surface area contributed by atoms with Crippen LogP contribution in [0.4, 0.5) is 4.39 Å². The molecule has 0 aliphatic rings. The third kappa shape index (κ3) is 3.19. The van der Waals surface area contributed by atoms with Crippen LogP contribution in [0.25, 0.3) is 22.3 Å². The van der Waals surface area contributed by atoms with Gasteiger partial charge in [-0.15, -0.1) is 0 Å². The predicted molar refractivity (Wildman–Crippen MR) is 96.8 cm³/mol. The summed E-state index contributed by atoms with van der Waals surface area (Å²) < 4.78 is 19.8. The molecule has 0 bridgehead atoms. The van der Waals surface area contributed by atoms with Crippen molar-refractivity contribution in [2.45, 2.75) is 13.0 Å². The normalized spacial score (nSPS) is 11.1. The molecule has 1 heterocycles. The summed E-state index contributed by atoms with van der Waals surface area (Å²) in [4.78, 5) is 0. The van der Waals surface area contributed by atoms with Crippen LogP contribution in [0.15, 0.2) is 77.2 Å². The Balaban J connectivity index is 1.67. The van der Waals surface area contributed by atoms with Crippen molar-refractivity contribution in [3.05, 3.63) is 95.3 Å². The zero-order chi connectivity index (χ0) is 17.2. The Morgan fingerprint density at radius 3 is 2.44 bits per heavy atom. The van der Waals surface area contributed by atoms with Crippen LogP contribution < -0.4 is 0 Å². The molecule has 1 aromatic heterocycles. The Kier molecular flexibility index (Phi) is 4.08. The fraction of sp³-hybridized carbons (Fsp3) is 0.0909. The van der Waals surface area contributed by atoms with Crippen molar-refractivity contribution in [2.24, 2.45) is 0 Å². The third-order valence-corrected chi connectivity index (χ3v) is 4.34. The van der Waals surface area contributed by atoms with E-state index >= 15 is 0 Å². The van der Waals surface area contributed by atoms with Crippen molar-refractivity contribution < 1.29 is 13.9 Å². The first-order valence-electron chi connectivity index (χ1n) is 8.19. The molecule has 0 saturated carbocycles. The second-order valence-electron chi connectivity index (χ2n) is 6.11. The first-order chi connectivity index (χ1) is 12.2. The molecule has 0 fully saturated rings. The van der Waals surface area contributed by atoms with Crippen LogP contribution in [-0.4, -0.2) is 5.11 Å². The van der Waals surface area contributed by atoms with E-state index in [1.165, 1.54) is 17.2 Å². The summed E-state index contributed by atoms with van der Waals surface area (Å²) in [7, 11) is 0. The monoisotopic (exact) mass is 332 g/mol. The van der Waals surface area contributed by atoms with E-state index in [4.69, 9.17) is 9.52 Å². The summed E-state index contributed by atoms with van der Waals surface area (Å²) in [5.74, 6) is 0.195. The number of aliphatic hydroxyl groups is 1. The molecule has 4 rings (SSSR count). The highest BCUT2D eigenvalue weighted by atomic mass is 19.1. The lowest BCUT2D eigenvalue weighted by atomic mass is 10.0. The number of halogens is 1. The van der Waals surface area contributed by atoms with Gasteiger partial charge in [-0.2, -0.15) is 0 Å². The van der Waals surface area contributed by atoms with Crippen LogP contribution in [0, 0.1) is 5.82 Å². The standard InChI is InChI=1S/C22H17FO2/c23-20-12-17(7-8-18(20)14-24)22-13-19-11-16(6-9-21(19)25-22)10-15-4-2-1-3-5-15/h1-9,11-13,24H,10,14H2. The van der Waals surface area contributed by atoms with Crippen molar-refractivity contribution >= 4 is 11.0 Å². The average molecular weight is 332 g/mol. The Morgan fingerprint density at radius 1 is 0.840 bits per heavy atom. The van der Waals surface area contributed by atoms with Gasteiger partial charge in [-0.3, -0.25) is 0 Å². The highest BCUT2D eigenvalue weighted by Gasteiger charge is 2.10. The predicted octanol–water partition coefficient (Wildman–Crippen LogP) is 5.32. The van der Waals surface area contributed by atoms with E-state index in [2.05, 4.69) is 24.3 Å². The van der Waals surface area contributed by atoms with E-state index in [0.717, 1.165) is 17.4 Å². The average Bonchev–Trinajstić information content (AvgIpc) is 3.06. The molecule has 0 atom stereocenters.